The number of carbonyl (C=O) groups excluding carboxylic acids is 1. The monoisotopic (exact) mass is 380 g/mol. The summed E-state index contributed by atoms with van der Waals surface area (Å²) in [6.07, 6.45) is -2.96. The van der Waals surface area contributed by atoms with Gasteiger partial charge in [0.25, 0.3) is 5.56 Å². The lowest BCUT2D eigenvalue weighted by molar-refractivity contribution is -0.137. The molecule has 142 valence electrons. The maximum absolute atomic E-state index is 12.7. The van der Waals surface area contributed by atoms with Crippen LogP contribution in [0.15, 0.2) is 47.4 Å². The summed E-state index contributed by atoms with van der Waals surface area (Å²) in [6, 6.07) is 7.40. The van der Waals surface area contributed by atoms with Crippen LogP contribution in [-0.2, 0) is 17.5 Å². The highest BCUT2D eigenvalue weighted by molar-refractivity contribution is 5.94. The summed E-state index contributed by atoms with van der Waals surface area (Å²) in [4.78, 5) is 24.8. The summed E-state index contributed by atoms with van der Waals surface area (Å²) in [5.74, 6) is -1.48. The Morgan fingerprint density at radius 1 is 1.19 bits per heavy atom. The summed E-state index contributed by atoms with van der Waals surface area (Å²) >= 11 is 0. The van der Waals surface area contributed by atoms with Crippen molar-refractivity contribution < 1.29 is 27.8 Å². The van der Waals surface area contributed by atoms with Crippen LogP contribution in [0.4, 0.5) is 13.2 Å². The van der Waals surface area contributed by atoms with E-state index in [1.807, 2.05) is 0 Å². The van der Waals surface area contributed by atoms with Crippen LogP contribution in [0.2, 0.25) is 0 Å². The van der Waals surface area contributed by atoms with E-state index in [4.69, 9.17) is 4.74 Å². The van der Waals surface area contributed by atoms with Crippen molar-refractivity contribution in [2.24, 2.45) is 0 Å². The van der Waals surface area contributed by atoms with Crippen LogP contribution in [0.5, 0.6) is 5.75 Å². The summed E-state index contributed by atoms with van der Waals surface area (Å²) in [7, 11) is 0. The maximum Gasteiger partial charge on any atom is 0.416 e. The predicted octanol–water partition coefficient (Wildman–Crippen LogP) is 3.05. The van der Waals surface area contributed by atoms with Gasteiger partial charge in [-0.25, -0.2) is 9.48 Å². The number of carbonyl (C=O) groups is 1. The molecule has 0 aliphatic carbocycles. The quantitative estimate of drug-likeness (QED) is 0.706. The molecule has 0 atom stereocenters. The third-order valence-electron chi connectivity index (χ3n) is 4.01. The Hall–Kier alpha value is -3.23. The van der Waals surface area contributed by atoms with Crippen molar-refractivity contribution in [3.63, 3.8) is 0 Å². The SMILES string of the molecule is CCOC(=O)c1c(O)c2cccn2n(Cc2ccc(C(F)(F)F)cc2)c1=O. The van der Waals surface area contributed by atoms with Gasteiger partial charge in [-0.2, -0.15) is 13.2 Å². The van der Waals surface area contributed by atoms with Crippen molar-refractivity contribution in [1.82, 2.24) is 9.20 Å². The van der Waals surface area contributed by atoms with Gasteiger partial charge < -0.3 is 9.84 Å². The van der Waals surface area contributed by atoms with Crippen LogP contribution in [0.1, 0.15) is 28.4 Å². The molecule has 0 radical (unpaired) electrons. The summed E-state index contributed by atoms with van der Waals surface area (Å²) in [5, 5.41) is 10.3. The Bertz CT molecular complexity index is 1050. The second-order valence-corrected chi connectivity index (χ2v) is 5.74. The standard InChI is InChI=1S/C18H15F3N2O4/c1-2-27-17(26)14-15(24)13-4-3-9-22(13)23(16(14)25)10-11-5-7-12(8-6-11)18(19,20)21/h3-9,24H,2,10H2,1H3. The Morgan fingerprint density at radius 3 is 2.44 bits per heavy atom. The van der Waals surface area contributed by atoms with Crippen LogP contribution >= 0.6 is 0 Å². The third kappa shape index (κ3) is 3.40. The van der Waals surface area contributed by atoms with Crippen LogP contribution in [0.3, 0.4) is 0 Å². The fourth-order valence-electron chi connectivity index (χ4n) is 2.73. The molecule has 1 aromatic carbocycles. The number of esters is 1. The molecule has 0 saturated heterocycles. The molecule has 6 nitrogen and oxygen atoms in total. The molecule has 0 aliphatic heterocycles. The number of aromatic nitrogens is 2. The number of hydrogen-bond donors (Lipinski definition) is 1. The first-order valence-corrected chi connectivity index (χ1v) is 8.00. The number of alkyl halides is 3. The van der Waals surface area contributed by atoms with E-state index < -0.39 is 34.6 Å². The largest absolute Gasteiger partial charge is 0.505 e. The van der Waals surface area contributed by atoms with Crippen LogP contribution < -0.4 is 5.56 Å². The predicted molar refractivity (Wildman–Crippen MR) is 89.8 cm³/mol. The molecule has 2 heterocycles. The van der Waals surface area contributed by atoms with Gasteiger partial charge in [-0.05, 0) is 36.8 Å². The smallest absolute Gasteiger partial charge is 0.416 e. The number of fused-ring (bicyclic) bond motifs is 1. The van der Waals surface area contributed by atoms with E-state index in [9.17, 15) is 27.9 Å². The van der Waals surface area contributed by atoms with Gasteiger partial charge in [0.15, 0.2) is 11.3 Å². The van der Waals surface area contributed by atoms with Gasteiger partial charge in [0.1, 0.15) is 5.52 Å². The van der Waals surface area contributed by atoms with Crippen molar-refractivity contribution in [2.75, 3.05) is 6.61 Å². The zero-order chi connectivity index (χ0) is 19.8. The van der Waals surface area contributed by atoms with Gasteiger partial charge in [0.2, 0.25) is 0 Å². The van der Waals surface area contributed by atoms with E-state index >= 15 is 0 Å². The Kier molecular flexibility index (Phi) is 4.69. The first-order chi connectivity index (χ1) is 12.7. The molecule has 1 N–H and O–H groups in total. The number of nitrogens with zero attached hydrogens (tertiary/aromatic N) is 2. The van der Waals surface area contributed by atoms with Gasteiger partial charge in [0.05, 0.1) is 18.7 Å². The van der Waals surface area contributed by atoms with Crippen molar-refractivity contribution in [3.8, 4) is 5.75 Å². The molecule has 0 aliphatic rings. The van der Waals surface area contributed by atoms with E-state index in [1.54, 1.807) is 13.0 Å². The lowest BCUT2D eigenvalue weighted by atomic mass is 10.1. The van der Waals surface area contributed by atoms with E-state index in [2.05, 4.69) is 0 Å². The normalized spacial score (nSPS) is 11.7. The van der Waals surface area contributed by atoms with Gasteiger partial charge in [0, 0.05) is 6.20 Å². The number of ether oxygens (including phenoxy) is 1. The fourth-order valence-corrected chi connectivity index (χ4v) is 2.73. The summed E-state index contributed by atoms with van der Waals surface area (Å²) in [5.41, 5.74) is -1.52. The minimum atomic E-state index is -4.46. The molecule has 9 heteroatoms. The average molecular weight is 380 g/mol. The molecule has 0 amide bonds. The number of halogens is 3. The van der Waals surface area contributed by atoms with Crippen molar-refractivity contribution >= 4 is 11.5 Å². The second-order valence-electron chi connectivity index (χ2n) is 5.74. The maximum atomic E-state index is 12.7. The highest BCUT2D eigenvalue weighted by atomic mass is 19.4. The second kappa shape index (κ2) is 6.82. The van der Waals surface area contributed by atoms with Gasteiger partial charge in [-0.3, -0.25) is 9.31 Å². The molecular weight excluding hydrogens is 365 g/mol. The number of rotatable bonds is 4. The molecule has 0 unspecified atom stereocenters. The van der Waals surface area contributed by atoms with Gasteiger partial charge >= 0.3 is 12.1 Å². The fraction of sp³-hybridized carbons (Fsp3) is 0.222. The van der Waals surface area contributed by atoms with Crippen LogP contribution in [0.25, 0.3) is 5.52 Å². The topological polar surface area (TPSA) is 72.9 Å². The van der Waals surface area contributed by atoms with Gasteiger partial charge in [-0.15, -0.1) is 0 Å². The Balaban J connectivity index is 2.10. The molecule has 0 spiro atoms. The Labute approximate surface area is 151 Å². The molecular formula is C18H15F3N2O4. The first-order valence-electron chi connectivity index (χ1n) is 8.00. The lowest BCUT2D eigenvalue weighted by Gasteiger charge is -2.14. The molecule has 3 aromatic rings. The van der Waals surface area contributed by atoms with Crippen molar-refractivity contribution in [2.45, 2.75) is 19.6 Å². The molecule has 2 aromatic heterocycles. The molecule has 0 saturated carbocycles. The minimum absolute atomic E-state index is 0.0167. The molecule has 0 fully saturated rings. The first kappa shape index (κ1) is 18.6. The molecule has 0 bridgehead atoms. The summed E-state index contributed by atoms with van der Waals surface area (Å²) in [6.45, 7) is 1.48. The minimum Gasteiger partial charge on any atom is -0.505 e. The molecule has 27 heavy (non-hydrogen) atoms. The van der Waals surface area contributed by atoms with Crippen LogP contribution in [-0.4, -0.2) is 26.9 Å². The zero-order valence-corrected chi connectivity index (χ0v) is 14.2. The van der Waals surface area contributed by atoms with Crippen molar-refractivity contribution in [1.29, 1.82) is 0 Å². The Morgan fingerprint density at radius 2 is 1.85 bits per heavy atom. The van der Waals surface area contributed by atoms with Crippen molar-refractivity contribution in [3.05, 3.63) is 69.6 Å². The highest BCUT2D eigenvalue weighted by Crippen LogP contribution is 2.29. The van der Waals surface area contributed by atoms with E-state index in [-0.39, 0.29) is 18.7 Å². The third-order valence-corrected chi connectivity index (χ3v) is 4.01. The zero-order valence-electron chi connectivity index (χ0n) is 14.2. The average Bonchev–Trinajstić information content (AvgIpc) is 3.08. The number of hydrogen-bond acceptors (Lipinski definition) is 4. The molecule has 3 rings (SSSR count). The number of benzene rings is 1. The summed E-state index contributed by atoms with van der Waals surface area (Å²) < 4.78 is 45.4. The lowest BCUT2D eigenvalue weighted by Crippen LogP contribution is -2.32. The van der Waals surface area contributed by atoms with Gasteiger partial charge in [-0.1, -0.05) is 12.1 Å². The van der Waals surface area contributed by atoms with E-state index in [0.717, 1.165) is 16.8 Å². The van der Waals surface area contributed by atoms with E-state index in [0.29, 0.717) is 5.56 Å². The number of aromatic hydroxyl groups is 1. The van der Waals surface area contributed by atoms with E-state index in [1.165, 1.54) is 28.9 Å². The highest BCUT2D eigenvalue weighted by Gasteiger charge is 2.30. The van der Waals surface area contributed by atoms with Crippen LogP contribution in [0, 0.1) is 0 Å².